The number of thiazole rings is 1. The van der Waals surface area contributed by atoms with E-state index in [-0.39, 0.29) is 24.3 Å². The molecule has 0 fully saturated rings. The maximum atomic E-state index is 14.3. The fourth-order valence-corrected chi connectivity index (χ4v) is 6.53. The molecule has 0 radical (unpaired) electrons. The van der Waals surface area contributed by atoms with Crippen LogP contribution in [0.4, 0.5) is 0 Å². The van der Waals surface area contributed by atoms with E-state index >= 15 is 0 Å². The van der Waals surface area contributed by atoms with Crippen LogP contribution in [0, 0.1) is 11.3 Å². The molecule has 0 bridgehead atoms. The van der Waals surface area contributed by atoms with Crippen LogP contribution in [0.25, 0.3) is 11.8 Å². The van der Waals surface area contributed by atoms with E-state index in [1.807, 2.05) is 54.6 Å². The molecule has 47 heavy (non-hydrogen) atoms. The Bertz CT molecular complexity index is 2220. The maximum Gasteiger partial charge on any atom is 0.338 e. The van der Waals surface area contributed by atoms with Crippen molar-refractivity contribution in [1.82, 2.24) is 4.57 Å². The van der Waals surface area contributed by atoms with Gasteiger partial charge in [0.1, 0.15) is 18.1 Å². The molecule has 0 N–H and O–H groups in total. The number of carbonyl (C=O) groups is 1. The summed E-state index contributed by atoms with van der Waals surface area (Å²) in [6.45, 7) is 2.04. The maximum absolute atomic E-state index is 14.3. The van der Waals surface area contributed by atoms with Gasteiger partial charge in [0, 0.05) is 21.7 Å². The number of ether oxygens (including phenoxy) is 3. The summed E-state index contributed by atoms with van der Waals surface area (Å²) in [5, 5.41) is 9.96. The topological polar surface area (TPSA) is 103 Å². The van der Waals surface area contributed by atoms with Crippen molar-refractivity contribution in [3.05, 3.63) is 155 Å². The molecule has 0 aliphatic carbocycles. The zero-order valence-corrected chi connectivity index (χ0v) is 27.0. The van der Waals surface area contributed by atoms with Crippen LogP contribution in [0.15, 0.2) is 112 Å². The van der Waals surface area contributed by atoms with E-state index in [4.69, 9.17) is 30.8 Å². The van der Waals surface area contributed by atoms with Crippen molar-refractivity contribution in [3.8, 4) is 17.6 Å². The van der Waals surface area contributed by atoms with Crippen molar-refractivity contribution in [2.45, 2.75) is 19.6 Å². The molecule has 0 saturated carbocycles. The van der Waals surface area contributed by atoms with E-state index in [1.54, 1.807) is 62.6 Å². The SMILES string of the molecule is CCOC(=O)C1=C(c2ccccc2)N=c2s/c(=C\c3cc(Cl)ccc3OCc3ccccc3C#N)c(=O)n2[C@H]1c1ccc(OC)cc1. The van der Waals surface area contributed by atoms with Crippen molar-refractivity contribution in [1.29, 1.82) is 5.26 Å². The zero-order valence-electron chi connectivity index (χ0n) is 25.5. The van der Waals surface area contributed by atoms with Gasteiger partial charge in [0.25, 0.3) is 5.56 Å². The van der Waals surface area contributed by atoms with Gasteiger partial charge in [-0.15, -0.1) is 0 Å². The lowest BCUT2D eigenvalue weighted by atomic mass is 9.93. The molecule has 5 aromatic rings. The number of fused-ring (bicyclic) bond motifs is 1. The van der Waals surface area contributed by atoms with Gasteiger partial charge >= 0.3 is 5.97 Å². The van der Waals surface area contributed by atoms with Crippen LogP contribution in [-0.4, -0.2) is 24.3 Å². The molecule has 4 aromatic carbocycles. The number of nitrogens with zero attached hydrogens (tertiary/aromatic N) is 3. The molecule has 0 saturated heterocycles. The Kier molecular flexibility index (Phi) is 9.34. The standard InChI is InChI=1S/C37H28ClN3O5S/c1-3-45-36(43)32-33(23-9-5-4-6-10-23)40-37-41(34(32)24-13-16-29(44-2)17-14-24)35(42)31(47-37)20-27-19-28(38)15-18-30(27)46-22-26-12-8-7-11-25(26)21-39/h4-20,34H,3,22H2,1-2H3/b31-20-/t34-/m0/s1. The van der Waals surface area contributed by atoms with E-state index in [1.165, 1.54) is 15.9 Å². The lowest BCUT2D eigenvalue weighted by Crippen LogP contribution is -2.40. The Hall–Kier alpha value is -5.43. The number of hydrogen-bond donors (Lipinski definition) is 0. The number of carbonyl (C=O) groups excluding carboxylic acids is 1. The largest absolute Gasteiger partial charge is 0.497 e. The van der Waals surface area contributed by atoms with E-state index < -0.39 is 12.0 Å². The third-order valence-corrected chi connectivity index (χ3v) is 8.80. The van der Waals surface area contributed by atoms with Gasteiger partial charge < -0.3 is 14.2 Å². The van der Waals surface area contributed by atoms with E-state index in [0.29, 0.717) is 48.2 Å². The number of methoxy groups -OCH3 is 1. The van der Waals surface area contributed by atoms with Crippen molar-refractivity contribution < 1.29 is 19.0 Å². The van der Waals surface area contributed by atoms with Crippen LogP contribution in [0.3, 0.4) is 0 Å². The van der Waals surface area contributed by atoms with Gasteiger partial charge in [-0.25, -0.2) is 9.79 Å². The summed E-state index contributed by atoms with van der Waals surface area (Å²) in [5.41, 5.74) is 3.57. The zero-order chi connectivity index (χ0) is 32.9. The number of nitriles is 1. The molecule has 1 aliphatic rings. The molecule has 0 unspecified atom stereocenters. The van der Waals surface area contributed by atoms with Gasteiger partial charge in [0.05, 0.1) is 47.2 Å². The number of aromatic nitrogens is 1. The first-order valence-electron chi connectivity index (χ1n) is 14.7. The molecular weight excluding hydrogens is 634 g/mol. The van der Waals surface area contributed by atoms with Gasteiger partial charge in [0.2, 0.25) is 0 Å². The van der Waals surface area contributed by atoms with Gasteiger partial charge in [0.15, 0.2) is 4.80 Å². The van der Waals surface area contributed by atoms with Gasteiger partial charge in [-0.3, -0.25) is 9.36 Å². The van der Waals surface area contributed by atoms with Crippen LogP contribution in [0.1, 0.15) is 40.8 Å². The fraction of sp³-hybridized carbons (Fsp3) is 0.135. The van der Waals surface area contributed by atoms with Crippen LogP contribution in [0.2, 0.25) is 5.02 Å². The minimum atomic E-state index is -0.828. The summed E-state index contributed by atoms with van der Waals surface area (Å²) in [7, 11) is 1.58. The Balaban J connectivity index is 1.54. The van der Waals surface area contributed by atoms with Crippen LogP contribution in [0.5, 0.6) is 11.5 Å². The number of hydrogen-bond acceptors (Lipinski definition) is 8. The third-order valence-electron chi connectivity index (χ3n) is 7.58. The first-order chi connectivity index (χ1) is 22.9. The summed E-state index contributed by atoms with van der Waals surface area (Å²) in [6, 6.07) is 30.3. The average Bonchev–Trinajstić information content (AvgIpc) is 3.41. The highest BCUT2D eigenvalue weighted by Crippen LogP contribution is 2.36. The molecule has 2 heterocycles. The van der Waals surface area contributed by atoms with Gasteiger partial charge in [-0.2, -0.15) is 5.26 Å². The van der Waals surface area contributed by atoms with Crippen molar-refractivity contribution in [2.24, 2.45) is 4.99 Å². The first-order valence-corrected chi connectivity index (χ1v) is 15.9. The smallest absolute Gasteiger partial charge is 0.338 e. The predicted octanol–water partition coefficient (Wildman–Crippen LogP) is 6.05. The summed E-state index contributed by atoms with van der Waals surface area (Å²) in [5.74, 6) is 0.558. The molecule has 0 amide bonds. The summed E-state index contributed by atoms with van der Waals surface area (Å²) >= 11 is 7.60. The lowest BCUT2D eigenvalue weighted by molar-refractivity contribution is -0.138. The molecule has 1 aliphatic heterocycles. The van der Waals surface area contributed by atoms with Crippen LogP contribution >= 0.6 is 22.9 Å². The normalized spacial score (nSPS) is 14.2. The number of halogens is 1. The molecule has 234 valence electrons. The first kappa shape index (κ1) is 31.5. The number of benzene rings is 4. The van der Waals surface area contributed by atoms with Crippen molar-refractivity contribution in [3.63, 3.8) is 0 Å². The van der Waals surface area contributed by atoms with Gasteiger partial charge in [-0.1, -0.05) is 83.6 Å². The Morgan fingerprint density at radius 2 is 1.79 bits per heavy atom. The summed E-state index contributed by atoms with van der Waals surface area (Å²) < 4.78 is 19.0. The van der Waals surface area contributed by atoms with E-state index in [2.05, 4.69) is 6.07 Å². The minimum Gasteiger partial charge on any atom is -0.497 e. The number of rotatable bonds is 9. The Morgan fingerprint density at radius 3 is 2.51 bits per heavy atom. The second-order valence-corrected chi connectivity index (χ2v) is 11.9. The van der Waals surface area contributed by atoms with Crippen LogP contribution in [-0.2, 0) is 16.1 Å². The predicted molar refractivity (Wildman–Crippen MR) is 181 cm³/mol. The molecule has 1 aromatic heterocycles. The second kappa shape index (κ2) is 13.9. The van der Waals surface area contributed by atoms with E-state index in [0.717, 1.165) is 11.1 Å². The third kappa shape index (κ3) is 6.47. The molecule has 0 spiro atoms. The van der Waals surface area contributed by atoms with Crippen molar-refractivity contribution in [2.75, 3.05) is 13.7 Å². The molecule has 8 nitrogen and oxygen atoms in total. The number of esters is 1. The Labute approximate surface area is 279 Å². The van der Waals surface area contributed by atoms with Gasteiger partial charge in [-0.05, 0) is 55.0 Å². The summed E-state index contributed by atoms with van der Waals surface area (Å²) in [4.78, 5) is 33.3. The minimum absolute atomic E-state index is 0.147. The molecule has 6 rings (SSSR count). The second-order valence-electron chi connectivity index (χ2n) is 10.4. The summed E-state index contributed by atoms with van der Waals surface area (Å²) in [6.07, 6.45) is 1.71. The highest BCUT2D eigenvalue weighted by molar-refractivity contribution is 7.07. The fourth-order valence-electron chi connectivity index (χ4n) is 5.36. The quantitative estimate of drug-likeness (QED) is 0.178. The van der Waals surface area contributed by atoms with Crippen LogP contribution < -0.4 is 24.4 Å². The highest BCUT2D eigenvalue weighted by atomic mass is 35.5. The van der Waals surface area contributed by atoms with Crippen molar-refractivity contribution >= 4 is 40.7 Å². The average molecular weight is 662 g/mol. The molecular formula is C37H28ClN3O5S. The lowest BCUT2D eigenvalue weighted by Gasteiger charge is -2.26. The molecule has 10 heteroatoms. The highest BCUT2D eigenvalue weighted by Gasteiger charge is 2.35. The monoisotopic (exact) mass is 661 g/mol. The Morgan fingerprint density at radius 1 is 1.04 bits per heavy atom. The van der Waals surface area contributed by atoms with E-state index in [9.17, 15) is 14.9 Å². The molecule has 1 atom stereocenters.